The molecule has 0 saturated carbocycles. The first-order chi connectivity index (χ1) is 12.5. The van der Waals surface area contributed by atoms with Crippen molar-refractivity contribution in [3.63, 3.8) is 0 Å². The van der Waals surface area contributed by atoms with Gasteiger partial charge in [-0.3, -0.25) is 9.79 Å². The van der Waals surface area contributed by atoms with Gasteiger partial charge in [-0.2, -0.15) is 0 Å². The van der Waals surface area contributed by atoms with Gasteiger partial charge in [-0.25, -0.2) is 4.98 Å². The predicted octanol–water partition coefficient (Wildman–Crippen LogP) is 4.12. The summed E-state index contributed by atoms with van der Waals surface area (Å²) in [7, 11) is 1.71. The summed E-state index contributed by atoms with van der Waals surface area (Å²) in [5.41, 5.74) is 10.1. The number of benzene rings is 2. The number of aliphatic imine (C=N–C) groups is 1. The maximum Gasteiger partial charge on any atom is 0.294 e. The van der Waals surface area contributed by atoms with Gasteiger partial charge in [0.05, 0.1) is 0 Å². The lowest BCUT2D eigenvalue weighted by atomic mass is 10.0. The molecule has 0 amide bonds. The van der Waals surface area contributed by atoms with Gasteiger partial charge in [0.1, 0.15) is 16.9 Å². The first-order valence-corrected chi connectivity index (χ1v) is 8.73. The molecule has 4 aromatic rings. The largest absolute Gasteiger partial charge is 0.449 e. The number of nitrogens with zero attached hydrogens (tertiary/aromatic N) is 2. The Balaban J connectivity index is 1.99. The van der Waals surface area contributed by atoms with E-state index < -0.39 is 0 Å². The number of anilines is 1. The van der Waals surface area contributed by atoms with Gasteiger partial charge in [-0.15, -0.1) is 0 Å². The van der Waals surface area contributed by atoms with Crippen molar-refractivity contribution >= 4 is 49.4 Å². The lowest BCUT2D eigenvalue weighted by Gasteiger charge is -2.08. The van der Waals surface area contributed by atoms with Crippen LogP contribution in [0.4, 0.5) is 5.69 Å². The van der Waals surface area contributed by atoms with Gasteiger partial charge >= 0.3 is 0 Å². The van der Waals surface area contributed by atoms with Gasteiger partial charge < -0.3 is 15.1 Å². The van der Waals surface area contributed by atoms with Crippen LogP contribution in [0, 0.1) is 0 Å². The average molecular weight is 411 g/mol. The summed E-state index contributed by atoms with van der Waals surface area (Å²) in [6.07, 6.45) is 0. The quantitative estimate of drug-likeness (QED) is 0.383. The number of furan rings is 1. The summed E-state index contributed by atoms with van der Waals surface area (Å²) in [5, 5.41) is 0.781. The molecule has 7 heteroatoms. The molecule has 0 aliphatic heterocycles. The van der Waals surface area contributed by atoms with Gasteiger partial charge in [0.25, 0.3) is 5.56 Å². The van der Waals surface area contributed by atoms with E-state index in [1.54, 1.807) is 13.1 Å². The Morgan fingerprint density at radius 3 is 2.85 bits per heavy atom. The summed E-state index contributed by atoms with van der Waals surface area (Å²) in [6, 6.07) is 11.0. The molecular weight excluding hydrogens is 396 g/mol. The lowest BCUT2D eigenvalue weighted by Crippen LogP contribution is -2.09. The molecule has 4 rings (SSSR count). The highest BCUT2D eigenvalue weighted by Crippen LogP contribution is 2.29. The van der Waals surface area contributed by atoms with Crippen LogP contribution in [0.15, 0.2) is 55.1 Å². The fraction of sp³-hybridized carbons (Fsp3) is 0.105. The zero-order chi connectivity index (χ0) is 18.4. The van der Waals surface area contributed by atoms with Crippen LogP contribution >= 0.6 is 15.9 Å². The van der Waals surface area contributed by atoms with Crippen molar-refractivity contribution in [3.8, 4) is 11.4 Å². The van der Waals surface area contributed by atoms with Crippen LogP contribution in [-0.4, -0.2) is 22.7 Å². The number of nitrogens with one attached hydrogen (secondary N) is 1. The second-order valence-corrected chi connectivity index (χ2v) is 6.86. The van der Waals surface area contributed by atoms with Crippen LogP contribution in [0.5, 0.6) is 0 Å². The van der Waals surface area contributed by atoms with Gasteiger partial charge in [0.15, 0.2) is 0 Å². The summed E-state index contributed by atoms with van der Waals surface area (Å²) in [5.74, 6) is 0.454. The van der Waals surface area contributed by atoms with Gasteiger partial charge in [-0.05, 0) is 43.3 Å². The van der Waals surface area contributed by atoms with Crippen LogP contribution in [0.2, 0.25) is 0 Å². The number of hydrogen-bond donors (Lipinski definition) is 2. The number of rotatable bonds is 2. The normalized spacial score (nSPS) is 12.2. The van der Waals surface area contributed by atoms with E-state index in [1.807, 2.05) is 37.3 Å². The molecule has 0 spiro atoms. The molecule has 2 aromatic carbocycles. The van der Waals surface area contributed by atoms with E-state index in [9.17, 15) is 4.79 Å². The molecule has 0 atom stereocenters. The van der Waals surface area contributed by atoms with Gasteiger partial charge in [0, 0.05) is 39.4 Å². The summed E-state index contributed by atoms with van der Waals surface area (Å²) in [4.78, 5) is 24.1. The van der Waals surface area contributed by atoms with E-state index in [0.29, 0.717) is 22.6 Å². The number of halogens is 1. The van der Waals surface area contributed by atoms with Crippen LogP contribution < -0.4 is 11.3 Å². The van der Waals surface area contributed by atoms with E-state index in [2.05, 4.69) is 30.9 Å². The Kier molecular flexibility index (Phi) is 3.88. The minimum absolute atomic E-state index is 0.212. The first kappa shape index (κ1) is 16.5. The highest BCUT2D eigenvalue weighted by atomic mass is 79.9. The van der Waals surface area contributed by atoms with Crippen LogP contribution in [-0.2, 0) is 0 Å². The molecule has 2 heterocycles. The minimum Gasteiger partial charge on any atom is -0.449 e. The topological polar surface area (TPSA) is 97.3 Å². The highest BCUT2D eigenvalue weighted by Gasteiger charge is 2.15. The molecular formula is C19H15BrN4O2. The third kappa shape index (κ3) is 2.61. The Morgan fingerprint density at radius 2 is 2.08 bits per heavy atom. The molecule has 0 bridgehead atoms. The Morgan fingerprint density at radius 1 is 1.27 bits per heavy atom. The molecule has 2 aromatic heterocycles. The third-order valence-corrected chi connectivity index (χ3v) is 4.83. The number of nitrogen functional groups attached to an aromatic ring is 1. The monoisotopic (exact) mass is 410 g/mol. The van der Waals surface area contributed by atoms with Crippen molar-refractivity contribution in [2.45, 2.75) is 6.92 Å². The van der Waals surface area contributed by atoms with Gasteiger partial charge in [-0.1, -0.05) is 15.9 Å². The minimum atomic E-state index is -0.323. The van der Waals surface area contributed by atoms with Crippen molar-refractivity contribution in [1.29, 1.82) is 0 Å². The predicted molar refractivity (Wildman–Crippen MR) is 108 cm³/mol. The van der Waals surface area contributed by atoms with Crippen molar-refractivity contribution in [2.24, 2.45) is 4.99 Å². The zero-order valence-electron chi connectivity index (χ0n) is 14.1. The fourth-order valence-electron chi connectivity index (χ4n) is 2.90. The van der Waals surface area contributed by atoms with Crippen LogP contribution in [0.1, 0.15) is 12.5 Å². The van der Waals surface area contributed by atoms with E-state index in [0.717, 1.165) is 26.7 Å². The zero-order valence-corrected chi connectivity index (χ0v) is 15.7. The van der Waals surface area contributed by atoms with Crippen LogP contribution in [0.25, 0.3) is 33.5 Å². The van der Waals surface area contributed by atoms with Crippen molar-refractivity contribution in [1.82, 2.24) is 9.97 Å². The Hall–Kier alpha value is -2.93. The molecule has 26 heavy (non-hydrogen) atoms. The first-order valence-electron chi connectivity index (χ1n) is 7.93. The highest BCUT2D eigenvalue weighted by molar-refractivity contribution is 9.10. The second-order valence-electron chi connectivity index (χ2n) is 5.95. The van der Waals surface area contributed by atoms with E-state index in [-0.39, 0.29) is 11.1 Å². The molecule has 0 fully saturated rings. The fourth-order valence-corrected chi connectivity index (χ4v) is 3.26. The van der Waals surface area contributed by atoms with E-state index in [1.165, 1.54) is 0 Å². The van der Waals surface area contributed by atoms with Crippen molar-refractivity contribution in [2.75, 3.05) is 12.8 Å². The lowest BCUT2D eigenvalue weighted by molar-refractivity contribution is 0.661. The number of nitrogens with two attached hydrogens (primary N) is 1. The van der Waals surface area contributed by atoms with Crippen molar-refractivity contribution in [3.05, 3.63) is 56.8 Å². The summed E-state index contributed by atoms with van der Waals surface area (Å²) >= 11 is 3.44. The molecule has 130 valence electrons. The maximum atomic E-state index is 12.5. The van der Waals surface area contributed by atoms with Gasteiger partial charge in [0.2, 0.25) is 5.58 Å². The van der Waals surface area contributed by atoms with E-state index >= 15 is 0 Å². The number of aromatic amines is 1. The molecule has 3 N–H and O–H groups in total. The SMILES string of the molecule is CN=C(C)c1cc(-c2nc3c(oc4ccc(Br)cc43)c(=O)[nH]2)ccc1N. The Bertz CT molecular complexity index is 1250. The molecule has 0 radical (unpaired) electrons. The standard InChI is InChI=1S/C19H15BrN4O2/c1-9(22-2)12-7-10(3-5-14(12)21)18-23-16-13-8-11(20)4-6-15(13)26-17(16)19(25)24-18/h3-8H,21H2,1-2H3,(H,23,24,25). The van der Waals surface area contributed by atoms with E-state index in [4.69, 9.17) is 10.2 Å². The van der Waals surface area contributed by atoms with Crippen LogP contribution in [0.3, 0.4) is 0 Å². The molecule has 6 nitrogen and oxygen atoms in total. The average Bonchev–Trinajstić information content (AvgIpc) is 3.00. The maximum absolute atomic E-state index is 12.5. The number of aromatic nitrogens is 2. The van der Waals surface area contributed by atoms with Crippen molar-refractivity contribution < 1.29 is 4.42 Å². The molecule has 0 aliphatic carbocycles. The number of H-pyrrole nitrogens is 1. The summed E-state index contributed by atoms with van der Waals surface area (Å²) in [6.45, 7) is 1.88. The molecule has 0 unspecified atom stereocenters. The third-order valence-electron chi connectivity index (χ3n) is 4.34. The molecule has 0 aliphatic rings. The molecule has 0 saturated heterocycles. The second kappa shape index (κ2) is 6.10. The number of hydrogen-bond acceptors (Lipinski definition) is 5. The summed E-state index contributed by atoms with van der Waals surface area (Å²) < 4.78 is 6.55. The Labute approximate surface area is 156 Å². The smallest absolute Gasteiger partial charge is 0.294 e. The number of fused-ring (bicyclic) bond motifs is 3.